The van der Waals surface area contributed by atoms with Gasteiger partial charge in [0.15, 0.2) is 0 Å². The number of benzene rings is 2. The van der Waals surface area contributed by atoms with E-state index >= 15 is 0 Å². The topological polar surface area (TPSA) is 58.6 Å². The maximum Gasteiger partial charge on any atom is 0.222 e. The molecule has 1 spiro atoms. The van der Waals surface area contributed by atoms with E-state index in [2.05, 4.69) is 17.4 Å². The van der Waals surface area contributed by atoms with Crippen molar-refractivity contribution in [2.45, 2.75) is 63.5 Å². The second kappa shape index (κ2) is 11.5. The van der Waals surface area contributed by atoms with Gasteiger partial charge in [-0.1, -0.05) is 60.7 Å². The average molecular weight is 449 g/mol. The quantitative estimate of drug-likeness (QED) is 0.647. The van der Waals surface area contributed by atoms with Crippen LogP contribution in [-0.2, 0) is 27.3 Å². The van der Waals surface area contributed by atoms with E-state index in [1.807, 2.05) is 53.4 Å². The molecule has 2 saturated heterocycles. The van der Waals surface area contributed by atoms with Crippen molar-refractivity contribution in [3.8, 4) is 0 Å². The van der Waals surface area contributed by atoms with Gasteiger partial charge >= 0.3 is 0 Å². The molecule has 1 atom stereocenters. The van der Waals surface area contributed by atoms with Crippen molar-refractivity contribution in [3.05, 3.63) is 71.8 Å². The molecule has 5 nitrogen and oxygen atoms in total. The van der Waals surface area contributed by atoms with Crippen molar-refractivity contribution >= 4 is 11.8 Å². The van der Waals surface area contributed by atoms with Gasteiger partial charge in [-0.25, -0.2) is 0 Å². The first-order chi connectivity index (χ1) is 16.1. The number of carbonyl (C=O) groups is 2. The Bertz CT molecular complexity index is 892. The van der Waals surface area contributed by atoms with E-state index in [9.17, 15) is 9.59 Å². The van der Waals surface area contributed by atoms with E-state index in [1.54, 1.807) is 0 Å². The van der Waals surface area contributed by atoms with Crippen LogP contribution < -0.4 is 5.32 Å². The summed E-state index contributed by atoms with van der Waals surface area (Å²) < 4.78 is 6.24. The fourth-order valence-electron chi connectivity index (χ4n) is 5.19. The van der Waals surface area contributed by atoms with Crippen molar-refractivity contribution in [2.24, 2.45) is 5.92 Å². The molecule has 0 saturated carbocycles. The average Bonchev–Trinajstić information content (AvgIpc) is 2.84. The first-order valence-corrected chi connectivity index (χ1v) is 12.4. The number of nitrogens with zero attached hydrogens (tertiary/aromatic N) is 1. The number of likely N-dealkylation sites (tertiary alicyclic amines) is 1. The molecule has 4 rings (SSSR count). The number of amides is 2. The molecule has 1 N–H and O–H groups in total. The normalized spacial score (nSPS) is 19.9. The van der Waals surface area contributed by atoms with Crippen molar-refractivity contribution in [1.82, 2.24) is 10.2 Å². The van der Waals surface area contributed by atoms with Gasteiger partial charge in [-0.05, 0) is 55.6 Å². The molecule has 2 fully saturated rings. The molecule has 0 bridgehead atoms. The first kappa shape index (κ1) is 23.5. The van der Waals surface area contributed by atoms with Crippen LogP contribution in [0, 0.1) is 5.92 Å². The second-order valence-electron chi connectivity index (χ2n) is 9.58. The third kappa shape index (κ3) is 6.91. The third-order valence-corrected chi connectivity index (χ3v) is 7.13. The predicted molar refractivity (Wildman–Crippen MR) is 130 cm³/mol. The smallest absolute Gasteiger partial charge is 0.222 e. The van der Waals surface area contributed by atoms with Gasteiger partial charge in [0, 0.05) is 39.1 Å². The van der Waals surface area contributed by atoms with Crippen molar-refractivity contribution in [3.63, 3.8) is 0 Å². The highest BCUT2D eigenvalue weighted by Crippen LogP contribution is 2.39. The zero-order valence-electron chi connectivity index (χ0n) is 19.5. The summed E-state index contributed by atoms with van der Waals surface area (Å²) in [5.74, 6) is 0.725. The molecular formula is C28H36N2O3. The van der Waals surface area contributed by atoms with E-state index < -0.39 is 0 Å². The van der Waals surface area contributed by atoms with Crippen molar-refractivity contribution < 1.29 is 14.3 Å². The summed E-state index contributed by atoms with van der Waals surface area (Å²) in [6, 6.07) is 20.4. The van der Waals surface area contributed by atoms with Crippen LogP contribution in [-0.4, -0.2) is 42.0 Å². The molecule has 0 aromatic heterocycles. The van der Waals surface area contributed by atoms with Crippen LogP contribution in [0.4, 0.5) is 0 Å². The Hall–Kier alpha value is -2.66. The molecule has 1 unspecified atom stereocenters. The Balaban J connectivity index is 1.18. The molecule has 2 aliphatic heterocycles. The largest absolute Gasteiger partial charge is 0.375 e. The molecule has 176 valence electrons. The lowest BCUT2D eigenvalue weighted by atomic mass is 9.78. The van der Waals surface area contributed by atoms with Gasteiger partial charge in [-0.3, -0.25) is 9.59 Å². The molecule has 2 aliphatic rings. The maximum absolute atomic E-state index is 12.7. The molecule has 0 aliphatic carbocycles. The number of nitrogens with one attached hydrogen (secondary N) is 1. The lowest BCUT2D eigenvalue weighted by Crippen LogP contribution is -2.51. The summed E-state index contributed by atoms with van der Waals surface area (Å²) in [6.07, 6.45) is 6.60. The number of hydrogen-bond donors (Lipinski definition) is 1. The van der Waals surface area contributed by atoms with Crippen LogP contribution in [0.5, 0.6) is 0 Å². The van der Waals surface area contributed by atoms with Crippen LogP contribution in [0.15, 0.2) is 60.7 Å². The summed E-state index contributed by atoms with van der Waals surface area (Å²) >= 11 is 0. The lowest BCUT2D eigenvalue weighted by molar-refractivity contribution is -0.148. The first-order valence-electron chi connectivity index (χ1n) is 12.4. The van der Waals surface area contributed by atoms with Crippen LogP contribution >= 0.6 is 0 Å². The predicted octanol–water partition coefficient (Wildman–Crippen LogP) is 4.50. The highest BCUT2D eigenvalue weighted by atomic mass is 16.5. The minimum atomic E-state index is -0.163. The molecule has 2 aromatic rings. The Labute approximate surface area is 197 Å². The Kier molecular flexibility index (Phi) is 8.16. The zero-order chi connectivity index (χ0) is 22.9. The van der Waals surface area contributed by atoms with Gasteiger partial charge in [0.1, 0.15) is 0 Å². The van der Waals surface area contributed by atoms with E-state index in [0.717, 1.165) is 57.2 Å². The lowest BCUT2D eigenvalue weighted by Gasteiger charge is -2.46. The highest BCUT2D eigenvalue weighted by molar-refractivity contribution is 5.76. The Morgan fingerprint density at radius 1 is 0.970 bits per heavy atom. The third-order valence-electron chi connectivity index (χ3n) is 7.13. The summed E-state index contributed by atoms with van der Waals surface area (Å²) in [6.45, 7) is 2.81. The van der Waals surface area contributed by atoms with Crippen LogP contribution in [0.2, 0.25) is 0 Å². The SMILES string of the molecule is O=C(CC1CCOC2(CCN(C(=O)CCCc3ccccc3)CC2)C1)NCc1ccccc1. The Morgan fingerprint density at radius 2 is 1.64 bits per heavy atom. The number of rotatable bonds is 8. The minimum Gasteiger partial charge on any atom is -0.375 e. The van der Waals surface area contributed by atoms with Gasteiger partial charge in [-0.15, -0.1) is 0 Å². The van der Waals surface area contributed by atoms with Crippen LogP contribution in [0.3, 0.4) is 0 Å². The van der Waals surface area contributed by atoms with Crippen LogP contribution in [0.25, 0.3) is 0 Å². The van der Waals surface area contributed by atoms with Gasteiger partial charge in [0.05, 0.1) is 5.60 Å². The number of hydrogen-bond acceptors (Lipinski definition) is 3. The van der Waals surface area contributed by atoms with E-state index in [-0.39, 0.29) is 17.4 Å². The van der Waals surface area contributed by atoms with Gasteiger partial charge in [0.2, 0.25) is 11.8 Å². The van der Waals surface area contributed by atoms with Gasteiger partial charge < -0.3 is 15.0 Å². The number of ether oxygens (including phenoxy) is 1. The van der Waals surface area contributed by atoms with Crippen molar-refractivity contribution in [2.75, 3.05) is 19.7 Å². The fourth-order valence-corrected chi connectivity index (χ4v) is 5.19. The molecule has 5 heteroatoms. The molecule has 2 heterocycles. The second-order valence-corrected chi connectivity index (χ2v) is 9.58. The Morgan fingerprint density at radius 3 is 2.33 bits per heavy atom. The minimum absolute atomic E-state index is 0.118. The number of piperidine rings is 1. The van der Waals surface area contributed by atoms with Crippen LogP contribution in [0.1, 0.15) is 56.1 Å². The van der Waals surface area contributed by atoms with E-state index in [4.69, 9.17) is 4.74 Å². The molecule has 2 aromatic carbocycles. The maximum atomic E-state index is 12.7. The zero-order valence-corrected chi connectivity index (χ0v) is 19.5. The van der Waals surface area contributed by atoms with E-state index in [1.165, 1.54) is 5.56 Å². The summed E-state index contributed by atoms with van der Waals surface area (Å²) in [5, 5.41) is 3.06. The van der Waals surface area contributed by atoms with Crippen molar-refractivity contribution in [1.29, 1.82) is 0 Å². The fraction of sp³-hybridized carbons (Fsp3) is 0.500. The highest BCUT2D eigenvalue weighted by Gasteiger charge is 2.41. The standard InChI is InChI=1S/C28H36N2O3/c31-26(29-22-24-10-5-2-6-11-24)20-25-14-19-33-28(21-25)15-17-30(18-16-28)27(32)13-7-12-23-8-3-1-4-9-23/h1-6,8-11,25H,7,12-22H2,(H,29,31). The molecular weight excluding hydrogens is 412 g/mol. The summed E-state index contributed by atoms with van der Waals surface area (Å²) in [5.41, 5.74) is 2.25. The molecule has 2 amide bonds. The number of carbonyl (C=O) groups excluding carboxylic acids is 2. The van der Waals surface area contributed by atoms with E-state index in [0.29, 0.717) is 31.9 Å². The molecule has 33 heavy (non-hydrogen) atoms. The van der Waals surface area contributed by atoms with Gasteiger partial charge in [0.25, 0.3) is 0 Å². The molecule has 0 radical (unpaired) electrons. The summed E-state index contributed by atoms with van der Waals surface area (Å²) in [7, 11) is 0. The number of aryl methyl sites for hydroxylation is 1. The monoisotopic (exact) mass is 448 g/mol. The summed E-state index contributed by atoms with van der Waals surface area (Å²) in [4.78, 5) is 27.2. The van der Waals surface area contributed by atoms with Gasteiger partial charge in [-0.2, -0.15) is 0 Å².